The first-order valence-corrected chi connectivity index (χ1v) is 21.5. The molecule has 4 aromatic heterocycles. The molecule has 0 saturated heterocycles. The first-order chi connectivity index (χ1) is 29.7. The summed E-state index contributed by atoms with van der Waals surface area (Å²) in [6.07, 6.45) is 1.13. The average Bonchev–Trinajstić information content (AvgIpc) is 3.85. The Morgan fingerprint density at radius 2 is 1.63 bits per heavy atom. The average molecular weight is 878 g/mol. The maximum absolute atomic E-state index is 15.7. The number of methoxy groups -OCH3 is 1. The lowest BCUT2D eigenvalue weighted by atomic mass is 9.98. The number of benzene rings is 3. The molecule has 1 aliphatic heterocycles. The number of carbonyl (C=O) groups excluding carboxylic acids is 1. The minimum absolute atomic E-state index is 0.0680. The molecule has 62 heavy (non-hydrogen) atoms. The van der Waals surface area contributed by atoms with Crippen molar-refractivity contribution in [2.24, 2.45) is 7.05 Å². The predicted octanol–water partition coefficient (Wildman–Crippen LogP) is 10.2. The van der Waals surface area contributed by atoms with E-state index in [0.717, 1.165) is 66.6 Å². The molecule has 0 saturated carbocycles. The zero-order chi connectivity index (χ0) is 44.1. The third-order valence-electron chi connectivity index (χ3n) is 11.8. The molecule has 1 aliphatic rings. The van der Waals surface area contributed by atoms with Crippen LogP contribution in [-0.4, -0.2) is 74.4 Å². The number of rotatable bonds is 14. The molecule has 1 unspecified atom stereocenters. The van der Waals surface area contributed by atoms with E-state index in [1.165, 1.54) is 0 Å². The highest BCUT2D eigenvalue weighted by Crippen LogP contribution is 2.46. The molecule has 14 heteroatoms. The molecule has 3 aromatic carbocycles. The first kappa shape index (κ1) is 42.9. The molecule has 0 aliphatic carbocycles. The van der Waals surface area contributed by atoms with Gasteiger partial charge in [-0.3, -0.25) is 14.5 Å². The number of aryl methyl sites for hydroxylation is 6. The number of pyridine rings is 1. The largest absolute Gasteiger partial charge is 0.494 e. The van der Waals surface area contributed by atoms with Crippen LogP contribution >= 0.6 is 23.2 Å². The summed E-state index contributed by atoms with van der Waals surface area (Å²) in [6.45, 7) is 13.4. The van der Waals surface area contributed by atoms with Crippen LogP contribution in [0.4, 0.5) is 5.69 Å². The molecule has 0 fully saturated rings. The van der Waals surface area contributed by atoms with E-state index >= 15 is 4.79 Å². The van der Waals surface area contributed by atoms with Gasteiger partial charge in [0.15, 0.2) is 0 Å². The Morgan fingerprint density at radius 1 is 0.903 bits per heavy atom. The number of aromatic carboxylic acids is 1. The molecule has 322 valence electrons. The van der Waals surface area contributed by atoms with Crippen molar-refractivity contribution >= 4 is 62.6 Å². The predicted molar refractivity (Wildman–Crippen MR) is 244 cm³/mol. The molecule has 7 aromatic rings. The van der Waals surface area contributed by atoms with Crippen LogP contribution in [0.3, 0.4) is 0 Å². The van der Waals surface area contributed by atoms with Crippen LogP contribution in [0.5, 0.6) is 11.5 Å². The van der Waals surface area contributed by atoms with Gasteiger partial charge in [-0.15, -0.1) is 0 Å². The maximum Gasteiger partial charge on any atom is 0.352 e. The number of halogens is 2. The van der Waals surface area contributed by atoms with Crippen molar-refractivity contribution in [3.05, 3.63) is 122 Å². The van der Waals surface area contributed by atoms with Gasteiger partial charge in [0.25, 0.3) is 5.91 Å². The molecular weight excluding hydrogens is 827 g/mol. The molecule has 5 heterocycles. The molecule has 0 bridgehead atoms. The molecule has 1 atom stereocenters. The van der Waals surface area contributed by atoms with Gasteiger partial charge in [0.1, 0.15) is 29.5 Å². The van der Waals surface area contributed by atoms with Gasteiger partial charge in [-0.25, -0.2) is 4.79 Å². The highest BCUT2D eigenvalue weighted by molar-refractivity contribution is 6.35. The zero-order valence-electron chi connectivity index (χ0n) is 36.2. The lowest BCUT2D eigenvalue weighted by molar-refractivity contribution is 0.0686. The van der Waals surface area contributed by atoms with Gasteiger partial charge < -0.3 is 33.4 Å². The quantitative estimate of drug-likeness (QED) is 0.107. The number of amides is 1. The third-order valence-corrected chi connectivity index (χ3v) is 12.8. The van der Waals surface area contributed by atoms with Crippen LogP contribution < -0.4 is 14.4 Å². The fourth-order valence-corrected chi connectivity index (χ4v) is 9.38. The summed E-state index contributed by atoms with van der Waals surface area (Å²) >= 11 is 13.6. The molecule has 1 N–H and O–H groups in total. The second-order valence-corrected chi connectivity index (χ2v) is 17.0. The molecule has 12 nitrogen and oxygen atoms in total. The summed E-state index contributed by atoms with van der Waals surface area (Å²) in [5.74, 6) is -0.101. The number of carbonyl (C=O) groups is 2. The van der Waals surface area contributed by atoms with Crippen molar-refractivity contribution in [1.82, 2.24) is 23.9 Å². The monoisotopic (exact) mass is 876 g/mol. The number of carboxylic acids is 1. The van der Waals surface area contributed by atoms with Crippen molar-refractivity contribution in [3.63, 3.8) is 0 Å². The number of fused-ring (bicyclic) bond motifs is 4. The summed E-state index contributed by atoms with van der Waals surface area (Å²) in [5.41, 5.74) is 10.4. The number of aromatic nitrogens is 5. The lowest BCUT2D eigenvalue weighted by Crippen LogP contribution is -2.43. The third kappa shape index (κ3) is 7.69. The van der Waals surface area contributed by atoms with Crippen LogP contribution in [0.1, 0.15) is 79.8 Å². The van der Waals surface area contributed by atoms with E-state index in [9.17, 15) is 9.90 Å². The van der Waals surface area contributed by atoms with Crippen LogP contribution in [0, 0.1) is 34.6 Å². The van der Waals surface area contributed by atoms with Gasteiger partial charge in [0.2, 0.25) is 0 Å². The van der Waals surface area contributed by atoms with Gasteiger partial charge in [0.05, 0.1) is 52.9 Å². The van der Waals surface area contributed by atoms with E-state index in [1.807, 2.05) is 101 Å². The van der Waals surface area contributed by atoms with E-state index < -0.39 is 5.97 Å². The van der Waals surface area contributed by atoms with Crippen molar-refractivity contribution < 1.29 is 28.9 Å². The molecule has 1 amide bonds. The van der Waals surface area contributed by atoms with Crippen LogP contribution in [0.25, 0.3) is 32.9 Å². The normalized spacial score (nSPS) is 14.0. The van der Waals surface area contributed by atoms with Gasteiger partial charge in [-0.1, -0.05) is 35.3 Å². The van der Waals surface area contributed by atoms with Gasteiger partial charge in [-0.2, -0.15) is 5.10 Å². The van der Waals surface area contributed by atoms with Crippen LogP contribution in [-0.2, 0) is 24.8 Å². The van der Waals surface area contributed by atoms with Crippen molar-refractivity contribution in [2.75, 3.05) is 38.4 Å². The Kier molecular flexibility index (Phi) is 11.9. The summed E-state index contributed by atoms with van der Waals surface area (Å²) in [6, 6.07) is 18.5. The SMILES string of the molecule is COCCOc1cc(N2CC(C)n3c(c(CCCOc4cc(C)c(Cl)c(C)c4)c4ccc(Cl)c(-c5c(C)nn(C)c5C)c43)C2=O)c2c(c1)cc(C(=O)O)n2Cc1cccc(C)n1. The van der Waals surface area contributed by atoms with E-state index in [0.29, 0.717) is 64.8 Å². The Morgan fingerprint density at radius 3 is 2.31 bits per heavy atom. The number of ether oxygens (including phenoxy) is 3. The highest BCUT2D eigenvalue weighted by atomic mass is 35.5. The van der Waals surface area contributed by atoms with Crippen molar-refractivity contribution in [3.8, 4) is 22.6 Å². The van der Waals surface area contributed by atoms with E-state index in [4.69, 9.17) is 47.5 Å². The fraction of sp³-hybridized carbons (Fsp3) is 0.333. The summed E-state index contributed by atoms with van der Waals surface area (Å²) in [5, 5.41) is 18.1. The first-order valence-electron chi connectivity index (χ1n) is 20.7. The summed E-state index contributed by atoms with van der Waals surface area (Å²) in [7, 11) is 3.52. The topological polar surface area (TPSA) is 126 Å². The Hall–Kier alpha value is -5.82. The van der Waals surface area contributed by atoms with Crippen molar-refractivity contribution in [2.45, 2.75) is 67.0 Å². The van der Waals surface area contributed by atoms with E-state index in [2.05, 4.69) is 11.5 Å². The second-order valence-electron chi connectivity index (χ2n) is 16.2. The van der Waals surface area contributed by atoms with Gasteiger partial charge in [0, 0.05) is 71.1 Å². The lowest BCUT2D eigenvalue weighted by Gasteiger charge is -2.35. The Bertz CT molecular complexity index is 2890. The van der Waals surface area contributed by atoms with E-state index in [-0.39, 0.29) is 37.3 Å². The van der Waals surface area contributed by atoms with Gasteiger partial charge >= 0.3 is 5.97 Å². The molecule has 8 rings (SSSR count). The summed E-state index contributed by atoms with van der Waals surface area (Å²) < 4.78 is 23.5. The molecule has 0 spiro atoms. The number of hydrogen-bond donors (Lipinski definition) is 1. The summed E-state index contributed by atoms with van der Waals surface area (Å²) in [4.78, 5) is 35.1. The van der Waals surface area contributed by atoms with Gasteiger partial charge in [-0.05, 0) is 114 Å². The fourth-order valence-electron chi connectivity index (χ4n) is 9.02. The Balaban J connectivity index is 1.31. The standard InChI is InChI=1S/C48H50Cl2N6O6/c1-26-19-34(20-27(2)43(26)50)61-16-10-13-36-37-14-15-38(49)42(41-30(5)52-53(7)31(41)6)45(37)56-29(4)24-55(47(57)46(36)56)39-23-35(62-18-17-60-8)21-32-22-40(48(58)59)54(44(32)39)25-33-12-9-11-28(3)51-33/h9,11-12,14-15,19-23,29H,10,13,16-18,24-25H2,1-8H3,(H,58,59). The van der Waals surface area contributed by atoms with Crippen LogP contribution in [0.2, 0.25) is 10.0 Å². The number of nitrogens with zero attached hydrogens (tertiary/aromatic N) is 6. The Labute approximate surface area is 370 Å². The number of hydrogen-bond acceptors (Lipinski definition) is 7. The van der Waals surface area contributed by atoms with E-state index in [1.54, 1.807) is 22.6 Å². The number of carboxylic acid groups (broad SMARTS) is 1. The van der Waals surface area contributed by atoms with Crippen molar-refractivity contribution in [1.29, 1.82) is 0 Å². The van der Waals surface area contributed by atoms with Crippen LogP contribution in [0.15, 0.2) is 60.7 Å². The minimum atomic E-state index is -1.10. The molecule has 0 radical (unpaired) electrons. The molecular formula is C48H50Cl2N6O6. The highest BCUT2D eigenvalue weighted by Gasteiger charge is 2.38. The zero-order valence-corrected chi connectivity index (χ0v) is 37.7. The second kappa shape index (κ2) is 17.2. The maximum atomic E-state index is 15.7. The smallest absolute Gasteiger partial charge is 0.352 e. The minimum Gasteiger partial charge on any atom is -0.494 e. The number of anilines is 1.